The van der Waals surface area contributed by atoms with Gasteiger partial charge in [0.1, 0.15) is 5.82 Å². The van der Waals surface area contributed by atoms with E-state index in [2.05, 4.69) is 17.3 Å². The van der Waals surface area contributed by atoms with E-state index in [1.807, 2.05) is 40.7 Å². The predicted molar refractivity (Wildman–Crippen MR) is 145 cm³/mol. The lowest BCUT2D eigenvalue weighted by molar-refractivity contribution is -0.145. The van der Waals surface area contributed by atoms with E-state index in [0.717, 1.165) is 52.5 Å². The molecule has 4 rings (SSSR count). The molecule has 1 aromatic heterocycles. The molecule has 0 saturated carbocycles. The summed E-state index contributed by atoms with van der Waals surface area (Å²) in [5.74, 6) is -0.536. The molecule has 3 aromatic rings. The highest BCUT2D eigenvalue weighted by molar-refractivity contribution is 5.90. The fraction of sp³-hybridized carbons (Fsp3) is 0.464. The largest absolute Gasteiger partial charge is 0.355 e. The van der Waals surface area contributed by atoms with Crippen LogP contribution in [0.1, 0.15) is 50.3 Å². The van der Waals surface area contributed by atoms with Crippen LogP contribution in [0.2, 0.25) is 0 Å². The van der Waals surface area contributed by atoms with E-state index in [1.165, 1.54) is 12.1 Å². The summed E-state index contributed by atoms with van der Waals surface area (Å²) in [7, 11) is 3.62. The van der Waals surface area contributed by atoms with Crippen LogP contribution in [0.25, 0.3) is 10.9 Å². The topological polar surface area (TPSA) is 73.7 Å². The van der Waals surface area contributed by atoms with Crippen LogP contribution < -0.4 is 10.2 Å². The SMILES string of the molecule is C.CCCCCNC(=O)CN(CC(=O)N(C)N1Cc2ccc(F)cc2C1)c1cc2cnn(C)c2cc1C. The van der Waals surface area contributed by atoms with Crippen molar-refractivity contribution in [2.24, 2.45) is 7.05 Å². The van der Waals surface area contributed by atoms with Gasteiger partial charge < -0.3 is 10.2 Å². The molecule has 1 aliphatic heterocycles. The summed E-state index contributed by atoms with van der Waals surface area (Å²) < 4.78 is 15.5. The number of fused-ring (bicyclic) bond motifs is 2. The molecule has 0 saturated heterocycles. The zero-order chi connectivity index (χ0) is 25.8. The average Bonchev–Trinajstić information content (AvgIpc) is 3.43. The van der Waals surface area contributed by atoms with E-state index in [1.54, 1.807) is 24.3 Å². The zero-order valence-corrected chi connectivity index (χ0v) is 21.6. The van der Waals surface area contributed by atoms with Gasteiger partial charge in [0.15, 0.2) is 0 Å². The normalized spacial score (nSPS) is 12.8. The quantitative estimate of drug-likeness (QED) is 0.415. The maximum Gasteiger partial charge on any atom is 0.256 e. The highest BCUT2D eigenvalue weighted by Gasteiger charge is 2.27. The lowest BCUT2D eigenvalue weighted by atomic mass is 10.1. The smallest absolute Gasteiger partial charge is 0.256 e. The average molecular weight is 511 g/mol. The number of amides is 2. The van der Waals surface area contributed by atoms with Crippen LogP contribution in [0.3, 0.4) is 0 Å². The van der Waals surface area contributed by atoms with Gasteiger partial charge >= 0.3 is 0 Å². The molecule has 0 atom stereocenters. The molecule has 37 heavy (non-hydrogen) atoms. The fourth-order valence-electron chi connectivity index (χ4n) is 4.67. The van der Waals surface area contributed by atoms with Crippen molar-refractivity contribution in [2.75, 3.05) is 31.6 Å². The van der Waals surface area contributed by atoms with E-state index in [0.29, 0.717) is 19.6 Å². The van der Waals surface area contributed by atoms with Crippen LogP contribution in [-0.2, 0) is 29.7 Å². The molecule has 0 radical (unpaired) electrons. The van der Waals surface area contributed by atoms with Gasteiger partial charge in [0.25, 0.3) is 5.91 Å². The summed E-state index contributed by atoms with van der Waals surface area (Å²) in [5.41, 5.74) is 4.68. The number of anilines is 1. The van der Waals surface area contributed by atoms with Crippen molar-refractivity contribution in [1.82, 2.24) is 25.1 Å². The summed E-state index contributed by atoms with van der Waals surface area (Å²) in [6.07, 6.45) is 4.86. The Morgan fingerprint density at radius 2 is 1.86 bits per heavy atom. The Labute approximate surface area is 219 Å². The fourth-order valence-corrected chi connectivity index (χ4v) is 4.67. The molecule has 1 N–H and O–H groups in total. The van der Waals surface area contributed by atoms with Gasteiger partial charge in [-0.2, -0.15) is 5.10 Å². The number of carbonyl (C=O) groups excluding carboxylic acids is 2. The number of unbranched alkanes of at least 4 members (excludes halogenated alkanes) is 2. The Hall–Kier alpha value is -3.46. The Morgan fingerprint density at radius 1 is 1.11 bits per heavy atom. The third kappa shape index (κ3) is 6.46. The van der Waals surface area contributed by atoms with Gasteiger partial charge in [-0.05, 0) is 54.3 Å². The number of carbonyl (C=O) groups is 2. The van der Waals surface area contributed by atoms with Crippen molar-refractivity contribution in [2.45, 2.75) is 53.6 Å². The van der Waals surface area contributed by atoms with Gasteiger partial charge in [0, 0.05) is 44.8 Å². The van der Waals surface area contributed by atoms with Gasteiger partial charge in [-0.1, -0.05) is 33.3 Å². The summed E-state index contributed by atoms with van der Waals surface area (Å²) in [5, 5.41) is 11.7. The summed E-state index contributed by atoms with van der Waals surface area (Å²) in [4.78, 5) is 28.1. The maximum absolute atomic E-state index is 13.7. The second-order valence-corrected chi connectivity index (χ2v) is 9.53. The maximum atomic E-state index is 13.7. The Kier molecular flexibility index (Phi) is 9.26. The van der Waals surface area contributed by atoms with Gasteiger partial charge in [-0.25, -0.2) is 9.40 Å². The van der Waals surface area contributed by atoms with Crippen LogP contribution in [0.15, 0.2) is 36.5 Å². The third-order valence-corrected chi connectivity index (χ3v) is 6.83. The molecule has 0 spiro atoms. The minimum absolute atomic E-state index is 0. The number of halogens is 1. The Balaban J connectivity index is 0.00000380. The highest BCUT2D eigenvalue weighted by atomic mass is 19.1. The van der Waals surface area contributed by atoms with E-state index < -0.39 is 0 Å². The first-order chi connectivity index (χ1) is 17.3. The standard InChI is InChI=1S/C27H35FN6O2.CH4/c1-5-6-7-10-29-26(35)17-33(24-13-21-14-30-31(3)25(21)11-19(24)2)18-27(36)32(4)34-15-20-8-9-23(28)12-22(20)16-34;/h8-9,11-14H,5-7,10,15-18H2,1-4H3,(H,29,35);1H4. The molecule has 0 aliphatic carbocycles. The minimum atomic E-state index is -0.276. The molecule has 1 aliphatic rings. The van der Waals surface area contributed by atoms with Crippen molar-refractivity contribution in [3.05, 3.63) is 59.0 Å². The number of rotatable bonds is 10. The predicted octanol–water partition coefficient (Wildman–Crippen LogP) is 4.16. The van der Waals surface area contributed by atoms with Gasteiger partial charge in [-0.15, -0.1) is 0 Å². The van der Waals surface area contributed by atoms with Crippen molar-refractivity contribution < 1.29 is 14.0 Å². The highest BCUT2D eigenvalue weighted by Crippen LogP contribution is 2.28. The number of likely N-dealkylation sites (N-methyl/N-ethyl adjacent to an activating group) is 1. The third-order valence-electron chi connectivity index (χ3n) is 6.83. The molecule has 200 valence electrons. The van der Waals surface area contributed by atoms with E-state index in [9.17, 15) is 14.0 Å². The summed E-state index contributed by atoms with van der Waals surface area (Å²) >= 11 is 0. The molecular formula is C28H39FN6O2. The number of nitrogens with zero attached hydrogens (tertiary/aromatic N) is 5. The minimum Gasteiger partial charge on any atom is -0.355 e. The molecule has 2 amide bonds. The first kappa shape index (κ1) is 28.1. The summed E-state index contributed by atoms with van der Waals surface area (Å²) in [6.45, 7) is 5.84. The number of hydrogen-bond acceptors (Lipinski definition) is 5. The number of nitrogens with one attached hydrogen (secondary N) is 1. The van der Waals surface area contributed by atoms with E-state index in [4.69, 9.17) is 0 Å². The monoisotopic (exact) mass is 510 g/mol. The first-order valence-corrected chi connectivity index (χ1v) is 12.5. The Bertz CT molecular complexity index is 1260. The molecule has 2 aromatic carbocycles. The van der Waals surface area contributed by atoms with Crippen LogP contribution >= 0.6 is 0 Å². The van der Waals surface area contributed by atoms with Gasteiger partial charge in [0.05, 0.1) is 24.8 Å². The van der Waals surface area contributed by atoms with Gasteiger partial charge in [-0.3, -0.25) is 19.3 Å². The lowest BCUT2D eigenvalue weighted by Crippen LogP contribution is -2.48. The van der Waals surface area contributed by atoms with Crippen molar-refractivity contribution in [3.8, 4) is 0 Å². The molecular weight excluding hydrogens is 471 g/mol. The molecule has 0 unspecified atom stereocenters. The number of hydrazine groups is 1. The number of aromatic nitrogens is 2. The number of aryl methyl sites for hydroxylation is 2. The van der Waals surface area contributed by atoms with Crippen molar-refractivity contribution in [3.63, 3.8) is 0 Å². The molecule has 2 heterocycles. The molecule has 8 nitrogen and oxygen atoms in total. The number of benzene rings is 2. The van der Waals surface area contributed by atoms with Crippen LogP contribution in [-0.4, -0.2) is 58.3 Å². The molecule has 0 fully saturated rings. The van der Waals surface area contributed by atoms with Crippen molar-refractivity contribution in [1.29, 1.82) is 0 Å². The van der Waals surface area contributed by atoms with Crippen molar-refractivity contribution >= 4 is 28.4 Å². The van der Waals surface area contributed by atoms with Crippen LogP contribution in [0.5, 0.6) is 0 Å². The second-order valence-electron chi connectivity index (χ2n) is 9.53. The Morgan fingerprint density at radius 3 is 2.62 bits per heavy atom. The zero-order valence-electron chi connectivity index (χ0n) is 21.6. The number of hydrogen-bond donors (Lipinski definition) is 1. The van der Waals surface area contributed by atoms with E-state index in [-0.39, 0.29) is 38.1 Å². The van der Waals surface area contributed by atoms with E-state index >= 15 is 0 Å². The summed E-state index contributed by atoms with van der Waals surface area (Å²) in [6, 6.07) is 8.76. The van der Waals surface area contributed by atoms with Crippen LogP contribution in [0, 0.1) is 12.7 Å². The lowest BCUT2D eigenvalue weighted by Gasteiger charge is -2.32. The molecule has 9 heteroatoms. The molecule has 0 bridgehead atoms. The van der Waals surface area contributed by atoms with Crippen LogP contribution in [0.4, 0.5) is 10.1 Å². The second kappa shape index (κ2) is 12.2. The first-order valence-electron chi connectivity index (χ1n) is 12.5. The van der Waals surface area contributed by atoms with Gasteiger partial charge in [0.2, 0.25) is 5.91 Å².